The summed E-state index contributed by atoms with van der Waals surface area (Å²) in [7, 11) is 1.57. The van der Waals surface area contributed by atoms with Crippen LogP contribution in [0, 0.1) is 5.82 Å². The molecule has 2 nitrogen and oxygen atoms in total. The highest BCUT2D eigenvalue weighted by atomic mass is 35.5. The first-order chi connectivity index (χ1) is 8.04. The molecular formula is C11H8ClF3N2. The summed E-state index contributed by atoms with van der Waals surface area (Å²) in [5.74, 6) is -0.789. The second kappa shape index (κ2) is 4.41. The first kappa shape index (κ1) is 12.0. The number of hydrogen-bond acceptors (Lipinski definition) is 2. The van der Waals surface area contributed by atoms with Gasteiger partial charge in [-0.05, 0) is 18.2 Å². The highest BCUT2D eigenvalue weighted by molar-refractivity contribution is 6.31. The topological polar surface area (TPSA) is 24.9 Å². The van der Waals surface area contributed by atoms with Crippen LogP contribution in [0.1, 0.15) is 12.1 Å². The van der Waals surface area contributed by atoms with Crippen molar-refractivity contribution in [2.75, 3.05) is 12.4 Å². The van der Waals surface area contributed by atoms with Gasteiger partial charge in [-0.2, -0.15) is 0 Å². The monoisotopic (exact) mass is 260 g/mol. The van der Waals surface area contributed by atoms with E-state index in [0.29, 0.717) is 11.1 Å². The summed E-state index contributed by atoms with van der Waals surface area (Å²) < 4.78 is 38.9. The first-order valence-corrected chi connectivity index (χ1v) is 5.17. The minimum atomic E-state index is -2.76. The zero-order chi connectivity index (χ0) is 12.6. The Hall–Kier alpha value is -1.49. The summed E-state index contributed by atoms with van der Waals surface area (Å²) >= 11 is 5.59. The largest absolute Gasteiger partial charge is 0.388 e. The zero-order valence-electron chi connectivity index (χ0n) is 8.77. The van der Waals surface area contributed by atoms with Crippen molar-refractivity contribution in [3.63, 3.8) is 0 Å². The number of nitrogens with one attached hydrogen (secondary N) is 1. The number of benzene rings is 1. The summed E-state index contributed by atoms with van der Waals surface area (Å²) in [5.41, 5.74) is -0.247. The van der Waals surface area contributed by atoms with Crippen molar-refractivity contribution >= 4 is 28.2 Å². The molecule has 0 bridgehead atoms. The third-order valence-electron chi connectivity index (χ3n) is 2.39. The zero-order valence-corrected chi connectivity index (χ0v) is 9.52. The number of nitrogens with zero attached hydrogens (tertiary/aromatic N) is 1. The molecule has 0 spiro atoms. The Kier molecular flexibility index (Phi) is 3.11. The molecule has 0 amide bonds. The van der Waals surface area contributed by atoms with Crippen molar-refractivity contribution in [3.8, 4) is 0 Å². The first-order valence-electron chi connectivity index (χ1n) is 4.79. The van der Waals surface area contributed by atoms with E-state index in [9.17, 15) is 13.2 Å². The lowest BCUT2D eigenvalue weighted by Gasteiger charge is -2.09. The fourth-order valence-electron chi connectivity index (χ4n) is 1.57. The van der Waals surface area contributed by atoms with E-state index in [1.807, 2.05) is 0 Å². The van der Waals surface area contributed by atoms with E-state index in [1.165, 1.54) is 18.2 Å². The highest BCUT2D eigenvalue weighted by Gasteiger charge is 2.16. The Labute approximate surface area is 100 Å². The lowest BCUT2D eigenvalue weighted by atomic mass is 10.1. The van der Waals surface area contributed by atoms with Crippen LogP contribution in [0.2, 0.25) is 5.02 Å². The van der Waals surface area contributed by atoms with Crippen LogP contribution < -0.4 is 5.32 Å². The smallest absolute Gasteiger partial charge is 0.280 e. The van der Waals surface area contributed by atoms with Crippen molar-refractivity contribution in [1.29, 1.82) is 0 Å². The van der Waals surface area contributed by atoms with Gasteiger partial charge in [0, 0.05) is 18.1 Å². The van der Waals surface area contributed by atoms with Crippen molar-refractivity contribution in [1.82, 2.24) is 4.98 Å². The summed E-state index contributed by atoms with van der Waals surface area (Å²) in [5, 5.41) is 3.00. The molecule has 90 valence electrons. The predicted octanol–water partition coefficient (Wildman–Crippen LogP) is 4.01. The third-order valence-corrected chi connectivity index (χ3v) is 2.68. The molecule has 6 heteroatoms. The van der Waals surface area contributed by atoms with Gasteiger partial charge in [0.25, 0.3) is 6.43 Å². The van der Waals surface area contributed by atoms with Gasteiger partial charge in [-0.3, -0.25) is 0 Å². The number of aromatic nitrogens is 1. The standard InChI is InChI=1S/C11H8ClF3N2/c1-16-7-4-8(11(14)15)17-10-5(7)2-3-6(12)9(10)13/h2-4,11H,1H3,(H,16,17). The number of fused-ring (bicyclic) bond motifs is 1. The van der Waals surface area contributed by atoms with Crippen molar-refractivity contribution in [2.45, 2.75) is 6.43 Å². The Bertz CT molecular complexity index is 572. The molecule has 1 heterocycles. The highest BCUT2D eigenvalue weighted by Crippen LogP contribution is 2.31. The van der Waals surface area contributed by atoms with Crippen LogP contribution in [0.25, 0.3) is 10.9 Å². The average molecular weight is 261 g/mol. The summed E-state index contributed by atoms with van der Waals surface area (Å²) in [6.07, 6.45) is -2.76. The molecular weight excluding hydrogens is 253 g/mol. The number of halogens is 4. The SMILES string of the molecule is CNc1cc(C(F)F)nc2c(F)c(Cl)ccc12. The van der Waals surface area contributed by atoms with E-state index >= 15 is 0 Å². The average Bonchev–Trinajstić information content (AvgIpc) is 2.32. The molecule has 0 saturated carbocycles. The third kappa shape index (κ3) is 2.02. The molecule has 0 aliphatic carbocycles. The number of alkyl halides is 2. The van der Waals surface area contributed by atoms with Crippen molar-refractivity contribution in [3.05, 3.63) is 34.7 Å². The molecule has 0 unspecified atom stereocenters. The van der Waals surface area contributed by atoms with Crippen LogP contribution in [0.4, 0.5) is 18.9 Å². The predicted molar refractivity (Wildman–Crippen MR) is 61.2 cm³/mol. The lowest BCUT2D eigenvalue weighted by molar-refractivity contribution is 0.146. The van der Waals surface area contributed by atoms with Gasteiger partial charge in [0.1, 0.15) is 11.2 Å². The van der Waals surface area contributed by atoms with Gasteiger partial charge in [0.05, 0.1) is 5.02 Å². The Morgan fingerprint density at radius 2 is 2.06 bits per heavy atom. The molecule has 0 radical (unpaired) electrons. The Morgan fingerprint density at radius 1 is 1.35 bits per heavy atom. The Morgan fingerprint density at radius 3 is 2.65 bits per heavy atom. The van der Waals surface area contributed by atoms with E-state index in [0.717, 1.165) is 0 Å². The summed E-state index contributed by atoms with van der Waals surface area (Å²) in [6, 6.07) is 4.10. The van der Waals surface area contributed by atoms with Crippen LogP contribution in [0.15, 0.2) is 18.2 Å². The Balaban J connectivity index is 2.83. The van der Waals surface area contributed by atoms with Gasteiger partial charge < -0.3 is 5.32 Å². The molecule has 0 aliphatic rings. The normalized spacial score (nSPS) is 11.2. The van der Waals surface area contributed by atoms with Gasteiger partial charge >= 0.3 is 0 Å². The van der Waals surface area contributed by atoms with E-state index < -0.39 is 17.9 Å². The van der Waals surface area contributed by atoms with Crippen LogP contribution in [0.5, 0.6) is 0 Å². The van der Waals surface area contributed by atoms with Gasteiger partial charge in [0.2, 0.25) is 0 Å². The quantitative estimate of drug-likeness (QED) is 0.883. The van der Waals surface area contributed by atoms with E-state index in [-0.39, 0.29) is 10.5 Å². The molecule has 1 N–H and O–H groups in total. The number of hydrogen-bond donors (Lipinski definition) is 1. The molecule has 1 aromatic heterocycles. The fraction of sp³-hybridized carbons (Fsp3) is 0.182. The van der Waals surface area contributed by atoms with Crippen LogP contribution in [-0.2, 0) is 0 Å². The molecule has 0 aliphatic heterocycles. The van der Waals surface area contributed by atoms with Gasteiger partial charge in [-0.1, -0.05) is 11.6 Å². The van der Waals surface area contributed by atoms with Gasteiger partial charge in [-0.25, -0.2) is 18.2 Å². The van der Waals surface area contributed by atoms with Gasteiger partial charge in [0.15, 0.2) is 5.82 Å². The molecule has 17 heavy (non-hydrogen) atoms. The van der Waals surface area contributed by atoms with Crippen molar-refractivity contribution < 1.29 is 13.2 Å². The molecule has 2 aromatic rings. The number of anilines is 1. The maximum Gasteiger partial charge on any atom is 0.280 e. The number of pyridine rings is 1. The molecule has 2 rings (SSSR count). The van der Waals surface area contributed by atoms with Crippen molar-refractivity contribution in [2.24, 2.45) is 0 Å². The van der Waals surface area contributed by atoms with E-state index in [1.54, 1.807) is 7.05 Å². The molecule has 0 atom stereocenters. The maximum absolute atomic E-state index is 13.7. The molecule has 0 fully saturated rings. The van der Waals surface area contributed by atoms with E-state index in [4.69, 9.17) is 11.6 Å². The fourth-order valence-corrected chi connectivity index (χ4v) is 1.72. The summed E-state index contributed by atoms with van der Waals surface area (Å²) in [4.78, 5) is 3.59. The second-order valence-corrected chi connectivity index (χ2v) is 3.81. The van der Waals surface area contributed by atoms with Crippen LogP contribution >= 0.6 is 11.6 Å². The minimum Gasteiger partial charge on any atom is -0.388 e. The van der Waals surface area contributed by atoms with Gasteiger partial charge in [-0.15, -0.1) is 0 Å². The van der Waals surface area contributed by atoms with Crippen LogP contribution in [-0.4, -0.2) is 12.0 Å². The minimum absolute atomic E-state index is 0.140. The number of rotatable bonds is 2. The molecule has 1 aromatic carbocycles. The van der Waals surface area contributed by atoms with Crippen LogP contribution in [0.3, 0.4) is 0 Å². The molecule has 0 saturated heterocycles. The second-order valence-electron chi connectivity index (χ2n) is 3.40. The lowest BCUT2D eigenvalue weighted by Crippen LogP contribution is -1.98. The maximum atomic E-state index is 13.7. The van der Waals surface area contributed by atoms with E-state index in [2.05, 4.69) is 10.3 Å². The summed E-state index contributed by atoms with van der Waals surface area (Å²) in [6.45, 7) is 0.